The van der Waals surface area contributed by atoms with Gasteiger partial charge in [0.15, 0.2) is 0 Å². The maximum Gasteiger partial charge on any atom is 0.246 e. The van der Waals surface area contributed by atoms with E-state index in [0.717, 1.165) is 48.5 Å². The number of methoxy groups -OCH3 is 1. The van der Waals surface area contributed by atoms with E-state index in [9.17, 15) is 4.79 Å². The number of hydrogen-bond acceptors (Lipinski definition) is 5. The summed E-state index contributed by atoms with van der Waals surface area (Å²) >= 11 is 0. The van der Waals surface area contributed by atoms with Gasteiger partial charge in [-0.1, -0.05) is 42.5 Å². The molecule has 200 valence electrons. The maximum atomic E-state index is 12.7. The van der Waals surface area contributed by atoms with Gasteiger partial charge in [-0.3, -0.25) is 14.7 Å². The molecule has 0 bridgehead atoms. The molecule has 1 fully saturated rings. The van der Waals surface area contributed by atoms with E-state index in [1.54, 1.807) is 13.2 Å². The van der Waals surface area contributed by atoms with E-state index < -0.39 is 0 Å². The van der Waals surface area contributed by atoms with Crippen LogP contribution in [0.1, 0.15) is 29.5 Å². The van der Waals surface area contributed by atoms with Gasteiger partial charge in [-0.2, -0.15) is 0 Å². The number of fused-ring (bicyclic) bond motifs is 1. The second kappa shape index (κ2) is 12.6. The van der Waals surface area contributed by atoms with Crippen LogP contribution in [0.3, 0.4) is 0 Å². The summed E-state index contributed by atoms with van der Waals surface area (Å²) in [7, 11) is 3.78. The zero-order valence-corrected chi connectivity index (χ0v) is 22.6. The normalized spacial score (nSPS) is 14.3. The van der Waals surface area contributed by atoms with E-state index >= 15 is 0 Å². The second-order valence-corrected chi connectivity index (χ2v) is 10.1. The van der Waals surface area contributed by atoms with Crippen LogP contribution in [0.2, 0.25) is 0 Å². The van der Waals surface area contributed by atoms with Crippen molar-refractivity contribution in [2.75, 3.05) is 27.2 Å². The van der Waals surface area contributed by atoms with E-state index in [-0.39, 0.29) is 12.0 Å². The molecular weight excluding hydrogens is 486 g/mol. The van der Waals surface area contributed by atoms with Crippen LogP contribution in [0.25, 0.3) is 17.0 Å². The highest BCUT2D eigenvalue weighted by Crippen LogP contribution is 2.23. The predicted octanol–water partition coefficient (Wildman–Crippen LogP) is 5.96. The molecule has 0 atom stereocenters. The van der Waals surface area contributed by atoms with Crippen molar-refractivity contribution in [3.05, 3.63) is 108 Å². The molecule has 1 aliphatic rings. The lowest BCUT2D eigenvalue weighted by Crippen LogP contribution is -2.41. The van der Waals surface area contributed by atoms with Crippen molar-refractivity contribution >= 4 is 22.9 Å². The first-order chi connectivity index (χ1) is 19.1. The fourth-order valence-corrected chi connectivity index (χ4v) is 5.05. The van der Waals surface area contributed by atoms with Gasteiger partial charge in [0.05, 0.1) is 12.6 Å². The summed E-state index contributed by atoms with van der Waals surface area (Å²) in [6.45, 7) is 3.05. The van der Waals surface area contributed by atoms with Crippen LogP contribution in [0, 0.1) is 0 Å². The molecule has 39 heavy (non-hydrogen) atoms. The second-order valence-electron chi connectivity index (χ2n) is 10.1. The number of ether oxygens (including phenoxy) is 2. The third kappa shape index (κ3) is 7.03. The Morgan fingerprint density at radius 1 is 0.974 bits per heavy atom. The summed E-state index contributed by atoms with van der Waals surface area (Å²) in [5.41, 5.74) is 4.49. The van der Waals surface area contributed by atoms with Crippen LogP contribution < -0.4 is 9.47 Å². The van der Waals surface area contributed by atoms with Gasteiger partial charge in [0.25, 0.3) is 0 Å². The number of rotatable bonds is 9. The molecule has 6 nitrogen and oxygen atoms in total. The minimum absolute atomic E-state index is 0.0382. The first kappa shape index (κ1) is 26.4. The largest absolute Gasteiger partial charge is 0.497 e. The highest BCUT2D eigenvalue weighted by molar-refractivity contribution is 5.91. The molecule has 1 amide bonds. The number of nitrogens with zero attached hydrogens (tertiary/aromatic N) is 3. The van der Waals surface area contributed by atoms with Crippen molar-refractivity contribution in [3.63, 3.8) is 0 Å². The zero-order valence-electron chi connectivity index (χ0n) is 22.6. The fraction of sp³-hybridized carbons (Fsp3) is 0.273. The Morgan fingerprint density at radius 2 is 1.77 bits per heavy atom. The Labute approximate surface area is 230 Å². The summed E-state index contributed by atoms with van der Waals surface area (Å²) in [5.74, 6) is 1.73. The average molecular weight is 522 g/mol. The number of aromatic nitrogens is 1. The van der Waals surface area contributed by atoms with Gasteiger partial charge < -0.3 is 14.4 Å². The predicted molar refractivity (Wildman–Crippen MR) is 156 cm³/mol. The molecule has 5 rings (SSSR count). The van der Waals surface area contributed by atoms with E-state index in [1.165, 1.54) is 16.5 Å². The van der Waals surface area contributed by atoms with Crippen molar-refractivity contribution in [1.82, 2.24) is 14.8 Å². The molecule has 6 heteroatoms. The van der Waals surface area contributed by atoms with Gasteiger partial charge in [0, 0.05) is 56.7 Å². The fourth-order valence-electron chi connectivity index (χ4n) is 5.05. The number of pyridine rings is 1. The molecule has 1 saturated heterocycles. The van der Waals surface area contributed by atoms with E-state index in [2.05, 4.69) is 59.4 Å². The molecule has 0 radical (unpaired) electrons. The minimum atomic E-state index is 0.0382. The standard InChI is InChI=1S/C33H35N3O3/c1-35(24-27-7-4-10-32-31(27)9-5-19-34-32)23-26-6-3-8-30(22-26)39-29-17-20-36(21-18-29)33(37)16-13-25-11-14-28(38-2)15-12-25/h3-16,19,22,29H,17-18,20-21,23-24H2,1-2H3/b16-13+. The number of carbonyl (C=O) groups excluding carboxylic acids is 1. The summed E-state index contributed by atoms with van der Waals surface area (Å²) in [4.78, 5) is 21.4. The van der Waals surface area contributed by atoms with Crippen molar-refractivity contribution in [2.24, 2.45) is 0 Å². The highest BCUT2D eigenvalue weighted by atomic mass is 16.5. The van der Waals surface area contributed by atoms with Crippen molar-refractivity contribution in [3.8, 4) is 11.5 Å². The third-order valence-corrected chi connectivity index (χ3v) is 7.12. The Bertz CT molecular complexity index is 1420. The maximum absolute atomic E-state index is 12.7. The van der Waals surface area contributed by atoms with Crippen molar-refractivity contribution in [2.45, 2.75) is 32.0 Å². The van der Waals surface area contributed by atoms with Crippen molar-refractivity contribution < 1.29 is 14.3 Å². The first-order valence-corrected chi connectivity index (χ1v) is 13.5. The third-order valence-electron chi connectivity index (χ3n) is 7.12. The van der Waals surface area contributed by atoms with Gasteiger partial charge in [0.1, 0.15) is 17.6 Å². The SMILES string of the molecule is COc1ccc(/C=C/C(=O)N2CCC(Oc3cccc(CN(C)Cc4cccc5ncccc45)c3)CC2)cc1. The van der Waals surface area contributed by atoms with E-state index in [1.807, 2.05) is 53.6 Å². The summed E-state index contributed by atoms with van der Waals surface area (Å²) in [6.07, 6.45) is 7.09. The highest BCUT2D eigenvalue weighted by Gasteiger charge is 2.23. The molecule has 0 N–H and O–H groups in total. The minimum Gasteiger partial charge on any atom is -0.497 e. The van der Waals surface area contributed by atoms with Crippen LogP contribution >= 0.6 is 0 Å². The zero-order chi connectivity index (χ0) is 27.0. The van der Waals surface area contributed by atoms with Crippen LogP contribution in [0.15, 0.2) is 91.1 Å². The van der Waals surface area contributed by atoms with Gasteiger partial charge >= 0.3 is 0 Å². The molecule has 2 heterocycles. The summed E-state index contributed by atoms with van der Waals surface area (Å²) in [6, 6.07) is 26.5. The Hall–Kier alpha value is -4.16. The summed E-state index contributed by atoms with van der Waals surface area (Å²) < 4.78 is 11.5. The molecule has 1 aliphatic heterocycles. The Kier molecular flexibility index (Phi) is 8.54. The number of benzene rings is 3. The lowest BCUT2D eigenvalue weighted by Gasteiger charge is -2.31. The summed E-state index contributed by atoms with van der Waals surface area (Å²) in [5, 5.41) is 1.20. The lowest BCUT2D eigenvalue weighted by molar-refractivity contribution is -0.127. The van der Waals surface area contributed by atoms with Gasteiger partial charge in [-0.05, 0) is 66.2 Å². The number of amides is 1. The number of carbonyl (C=O) groups is 1. The Balaban J connectivity index is 1.11. The van der Waals surface area contributed by atoms with Crippen LogP contribution in [0.5, 0.6) is 11.5 Å². The monoisotopic (exact) mass is 521 g/mol. The average Bonchev–Trinajstić information content (AvgIpc) is 2.97. The topological polar surface area (TPSA) is 54.9 Å². The molecule has 1 aromatic heterocycles. The molecule has 0 unspecified atom stereocenters. The van der Waals surface area contributed by atoms with Gasteiger partial charge in [-0.15, -0.1) is 0 Å². The van der Waals surface area contributed by atoms with Crippen LogP contribution in [-0.2, 0) is 17.9 Å². The quantitative estimate of drug-likeness (QED) is 0.255. The van der Waals surface area contributed by atoms with Crippen LogP contribution in [0.4, 0.5) is 0 Å². The number of likely N-dealkylation sites (tertiary alicyclic amines) is 1. The van der Waals surface area contributed by atoms with Gasteiger partial charge in [0.2, 0.25) is 5.91 Å². The molecule has 0 spiro atoms. The molecule has 3 aromatic carbocycles. The Morgan fingerprint density at radius 3 is 2.56 bits per heavy atom. The van der Waals surface area contributed by atoms with Crippen LogP contribution in [-0.4, -0.2) is 54.0 Å². The number of hydrogen-bond donors (Lipinski definition) is 0. The molecular formula is C33H35N3O3. The smallest absolute Gasteiger partial charge is 0.246 e. The molecule has 0 saturated carbocycles. The molecule has 4 aromatic rings. The van der Waals surface area contributed by atoms with E-state index in [4.69, 9.17) is 9.47 Å². The molecule has 0 aliphatic carbocycles. The van der Waals surface area contributed by atoms with Crippen molar-refractivity contribution in [1.29, 1.82) is 0 Å². The van der Waals surface area contributed by atoms with E-state index in [0.29, 0.717) is 13.1 Å². The first-order valence-electron chi connectivity index (χ1n) is 13.5. The lowest BCUT2D eigenvalue weighted by atomic mass is 10.1. The number of piperidine rings is 1. The van der Waals surface area contributed by atoms with Gasteiger partial charge in [-0.25, -0.2) is 0 Å².